The molecule has 4 aliphatic heterocycles. The monoisotopic (exact) mass is 1500 g/mol. The number of hydrogen-bond donors (Lipinski definition) is 1. The van der Waals surface area contributed by atoms with E-state index in [1.165, 1.54) is 84.9 Å². The van der Waals surface area contributed by atoms with Crippen molar-refractivity contribution in [1.82, 2.24) is 4.90 Å². The molecule has 0 spiro atoms. The molecule has 0 aromatic heterocycles. The van der Waals surface area contributed by atoms with E-state index in [-0.39, 0.29) is 40.0 Å². The zero-order valence-corrected chi connectivity index (χ0v) is 59.6. The Kier molecular flexibility index (Phi) is 26.1. The number of carbonyl (C=O) groups is 11. The Bertz CT molecular complexity index is 4300. The van der Waals surface area contributed by atoms with E-state index in [1.807, 2.05) is 0 Å². The zero-order valence-electron chi connectivity index (χ0n) is 58.7. The number of esters is 9. The van der Waals surface area contributed by atoms with Gasteiger partial charge in [0.1, 0.15) is 67.4 Å². The van der Waals surface area contributed by atoms with Gasteiger partial charge in [-0.05, 0) is 78.4 Å². The van der Waals surface area contributed by atoms with Crippen molar-refractivity contribution < 1.29 is 129 Å². The van der Waals surface area contributed by atoms with Crippen LogP contribution in [0, 0.1) is 0 Å². The lowest BCUT2D eigenvalue weighted by Crippen LogP contribution is -2.72. The molecule has 0 unspecified atom stereocenters. The minimum absolute atomic E-state index is 0.00458. The first-order valence-corrected chi connectivity index (χ1v) is 35.0. The van der Waals surface area contributed by atoms with Crippen LogP contribution in [-0.2, 0) is 102 Å². The molecule has 29 heteroatoms. The number of carbonyl (C=O) groups excluding carboxylic acids is 11. The van der Waals surface area contributed by atoms with Crippen molar-refractivity contribution in [3.63, 3.8) is 0 Å². The lowest BCUT2D eigenvalue weighted by molar-refractivity contribution is -0.381. The number of methoxy groups -OCH3 is 1. The highest BCUT2D eigenvalue weighted by atomic mass is 32.2. The van der Waals surface area contributed by atoms with E-state index in [0.717, 1.165) is 46.6 Å². The highest BCUT2D eigenvalue weighted by Gasteiger charge is 2.66. The highest BCUT2D eigenvalue weighted by molar-refractivity contribution is 7.99. The number of fused-ring (bicyclic) bond motifs is 1. The number of aliphatic hydroxyl groups excluding tert-OH is 1. The fraction of sp³-hybridized carbons (Fsp3) is 0.329. The molecule has 0 saturated carbocycles. The molecule has 0 aliphatic carbocycles. The Morgan fingerprint density at radius 3 is 1.52 bits per heavy atom. The van der Waals surface area contributed by atoms with Crippen LogP contribution in [0.5, 0.6) is 0 Å². The number of amides is 2. The summed E-state index contributed by atoms with van der Waals surface area (Å²) in [5.41, 5.74) is -1.26. The Morgan fingerprint density at radius 2 is 1.01 bits per heavy atom. The summed E-state index contributed by atoms with van der Waals surface area (Å²) in [6.07, 6.45) is -28.2. The first-order chi connectivity index (χ1) is 52.1. The van der Waals surface area contributed by atoms with Gasteiger partial charge < -0.3 is 76.2 Å². The van der Waals surface area contributed by atoms with Crippen molar-refractivity contribution >= 4 is 77.3 Å². The Labute approximate surface area is 622 Å². The molecular formula is C79H75NO27S. The number of thioether (sulfide) groups is 1. The van der Waals surface area contributed by atoms with Crippen LogP contribution in [0.15, 0.2) is 211 Å². The fourth-order valence-corrected chi connectivity index (χ4v) is 13.9. The summed E-state index contributed by atoms with van der Waals surface area (Å²) in [4.78, 5) is 159. The SMILES string of the molecule is COC(=O)[C@@]1(O[C@H]2[C@@H](O)[C@@H](COCc3ccccc3)O[C@@H](O[C@@H]3[C@@H](OC(=O)c4ccccc4)[C@H](Sc4ccccc4)O[C@H](COC(=O)c4ccccc4)[C@H]3OC(=O)c3ccccc3)[C@@H]2OC(=O)c2ccccc2)C[C@H](OC(C)=O)[C@@H](N2C(=O)c3ccccc3C2=O)[C@H]([C@H](OC(C)=O)[C@@H](COC(C)=O)OC(C)=O)O1. The molecule has 2 amide bonds. The number of aliphatic hydroxyl groups is 1. The van der Waals surface area contributed by atoms with Gasteiger partial charge in [0, 0.05) is 32.6 Å². The lowest BCUT2D eigenvalue weighted by atomic mass is 9.86. The predicted octanol–water partition coefficient (Wildman–Crippen LogP) is 7.79. The van der Waals surface area contributed by atoms with Crippen molar-refractivity contribution in [2.45, 2.75) is 142 Å². The summed E-state index contributed by atoms with van der Waals surface area (Å²) in [6, 6.07) is 51.3. The van der Waals surface area contributed by atoms with Crippen molar-refractivity contribution in [3.8, 4) is 0 Å². The Hall–Kier alpha value is -11.0. The molecule has 3 saturated heterocycles. The van der Waals surface area contributed by atoms with E-state index in [2.05, 4.69) is 0 Å². The van der Waals surface area contributed by atoms with Crippen molar-refractivity contribution in [1.29, 1.82) is 0 Å². The van der Waals surface area contributed by atoms with Gasteiger partial charge in [-0.15, -0.1) is 0 Å². The van der Waals surface area contributed by atoms with E-state index in [4.69, 9.17) is 71.1 Å². The van der Waals surface area contributed by atoms with Crippen LogP contribution in [0.4, 0.5) is 0 Å². The van der Waals surface area contributed by atoms with E-state index >= 15 is 9.59 Å². The van der Waals surface area contributed by atoms with Crippen LogP contribution in [0.3, 0.4) is 0 Å². The van der Waals surface area contributed by atoms with Gasteiger partial charge in [-0.3, -0.25) is 33.7 Å². The molecule has 0 radical (unpaired) electrons. The third-order valence-electron chi connectivity index (χ3n) is 17.6. The molecule has 4 heterocycles. The van der Waals surface area contributed by atoms with Crippen molar-refractivity contribution in [2.75, 3.05) is 26.9 Å². The molecule has 564 valence electrons. The summed E-state index contributed by atoms with van der Waals surface area (Å²) in [5, 5.41) is 13.4. The average Bonchev–Trinajstić information content (AvgIpc) is 1.31. The van der Waals surface area contributed by atoms with Gasteiger partial charge in [-0.2, -0.15) is 0 Å². The van der Waals surface area contributed by atoms with E-state index < -0.39 is 189 Å². The molecule has 7 aromatic carbocycles. The standard InChI is InChI=1S/C79H75NO27S/c1-45(81)95-43-59(98-47(3)83)63(99-48(4)84)65-61(80-70(86)55-38-24-25-39-56(55)71(80)87)57(97-46(2)82)40-79(106-65,78(92)93-5)107-66-62(85)58(42-94-41-49-26-12-6-13-27-49)100-76(68(66)103-74(90)52-32-18-9-19-33-52)105-67-64(102-73(89)51-30-16-8-17-31-51)60(44-96-72(88)50-28-14-7-15-29-50)101-77(108-54-36-22-11-23-37-54)69(67)104-75(91)53-34-20-10-21-35-53/h6-39,57-69,76-77,85H,40-44H2,1-5H3/t57-,58+,59+,60+,61+,62-,63+,64+,65+,66-,67-,68+,69+,76-,77-,79-/m0/s1. The van der Waals surface area contributed by atoms with Gasteiger partial charge in [-0.1, -0.05) is 145 Å². The molecule has 3 fully saturated rings. The topological polar surface area (TPSA) is 350 Å². The van der Waals surface area contributed by atoms with Gasteiger partial charge in [0.2, 0.25) is 0 Å². The molecule has 0 bridgehead atoms. The van der Waals surface area contributed by atoms with E-state index in [9.17, 15) is 48.3 Å². The molecule has 1 N–H and O–H groups in total. The predicted molar refractivity (Wildman–Crippen MR) is 373 cm³/mol. The normalized spacial score (nSPS) is 24.9. The first kappa shape index (κ1) is 78.1. The third kappa shape index (κ3) is 18.8. The molecule has 108 heavy (non-hydrogen) atoms. The highest BCUT2D eigenvalue weighted by Crippen LogP contribution is 2.46. The van der Waals surface area contributed by atoms with Gasteiger partial charge in [0.05, 0.1) is 60.1 Å². The molecule has 7 aromatic rings. The number of rotatable bonds is 28. The minimum Gasteiger partial charge on any atom is -0.465 e. The minimum atomic E-state index is -3.30. The van der Waals surface area contributed by atoms with Gasteiger partial charge >= 0.3 is 53.7 Å². The van der Waals surface area contributed by atoms with Crippen molar-refractivity contribution in [2.24, 2.45) is 0 Å². The van der Waals surface area contributed by atoms with Crippen LogP contribution in [0.25, 0.3) is 0 Å². The maximum Gasteiger partial charge on any atom is 0.366 e. The maximum atomic E-state index is 15.6. The van der Waals surface area contributed by atoms with Crippen LogP contribution < -0.4 is 0 Å². The largest absolute Gasteiger partial charge is 0.465 e. The molecular weight excluding hydrogens is 1430 g/mol. The van der Waals surface area contributed by atoms with Gasteiger partial charge in [0.25, 0.3) is 17.6 Å². The number of ether oxygens (including phenoxy) is 15. The van der Waals surface area contributed by atoms with E-state index in [0.29, 0.717) is 15.4 Å². The summed E-state index contributed by atoms with van der Waals surface area (Å²) >= 11 is 0.997. The van der Waals surface area contributed by atoms with Crippen LogP contribution in [-0.4, -0.2) is 199 Å². The Balaban J connectivity index is 1.12. The van der Waals surface area contributed by atoms with Crippen molar-refractivity contribution in [3.05, 3.63) is 245 Å². The second-order valence-corrected chi connectivity index (χ2v) is 26.3. The number of imide groups is 1. The molecule has 28 nitrogen and oxygen atoms in total. The van der Waals surface area contributed by atoms with Gasteiger partial charge in [-0.25, -0.2) is 24.0 Å². The second-order valence-electron chi connectivity index (χ2n) is 25.1. The Morgan fingerprint density at radius 1 is 0.519 bits per heavy atom. The fourth-order valence-electron chi connectivity index (χ4n) is 12.8. The van der Waals surface area contributed by atoms with Crippen LogP contribution in [0.1, 0.15) is 102 Å². The quantitative estimate of drug-likeness (QED) is 0.0278. The molecule has 11 rings (SSSR count). The van der Waals surface area contributed by atoms with E-state index in [1.54, 1.807) is 121 Å². The summed E-state index contributed by atoms with van der Waals surface area (Å²) in [5.74, 6) is -15.4. The summed E-state index contributed by atoms with van der Waals surface area (Å²) in [7, 11) is 0.866. The number of benzene rings is 7. The molecule has 4 aliphatic rings. The van der Waals surface area contributed by atoms with Crippen LogP contribution in [0.2, 0.25) is 0 Å². The lowest BCUT2D eigenvalue weighted by Gasteiger charge is -2.53. The molecule has 16 atom stereocenters. The summed E-state index contributed by atoms with van der Waals surface area (Å²) in [6.45, 7) is 1.29. The average molecular weight is 1500 g/mol. The zero-order chi connectivity index (χ0) is 76.6. The smallest absolute Gasteiger partial charge is 0.366 e. The second kappa shape index (κ2) is 36.0. The van der Waals surface area contributed by atoms with Gasteiger partial charge in [0.15, 0.2) is 36.8 Å². The number of hydrogen-bond acceptors (Lipinski definition) is 28. The third-order valence-corrected chi connectivity index (χ3v) is 18.7. The summed E-state index contributed by atoms with van der Waals surface area (Å²) < 4.78 is 95.4. The first-order valence-electron chi connectivity index (χ1n) is 34.1. The van der Waals surface area contributed by atoms with Crippen LogP contribution >= 0.6 is 11.8 Å². The maximum absolute atomic E-state index is 15.6. The number of nitrogens with zero attached hydrogens (tertiary/aromatic N) is 1.